The van der Waals surface area contributed by atoms with Crippen LogP contribution in [0.25, 0.3) is 11.1 Å². The van der Waals surface area contributed by atoms with E-state index in [1.165, 1.54) is 30.2 Å². The zero-order valence-electron chi connectivity index (χ0n) is 19.2. The molecule has 0 aliphatic carbocycles. The van der Waals surface area contributed by atoms with Gasteiger partial charge >= 0.3 is 17.8 Å². The maximum Gasteiger partial charge on any atom is 0.414 e. The zero-order chi connectivity index (χ0) is 25.6. The van der Waals surface area contributed by atoms with Crippen LogP contribution < -0.4 is 15.5 Å². The third-order valence-corrected chi connectivity index (χ3v) is 6.01. The fourth-order valence-electron chi connectivity index (χ4n) is 4.23. The zero-order valence-corrected chi connectivity index (χ0v) is 19.2. The highest BCUT2D eigenvalue weighted by Gasteiger charge is 2.49. The molecule has 3 aliphatic rings. The second-order valence-electron chi connectivity index (χ2n) is 8.64. The van der Waals surface area contributed by atoms with Gasteiger partial charge in [-0.1, -0.05) is 6.07 Å². The number of hydrogen-bond acceptors (Lipinski definition) is 9. The summed E-state index contributed by atoms with van der Waals surface area (Å²) in [5, 5.41) is 16.6. The van der Waals surface area contributed by atoms with Crippen molar-refractivity contribution in [3.05, 3.63) is 70.1 Å². The molecule has 0 bridgehead atoms. The molecule has 0 saturated carbocycles. The predicted octanol–water partition coefficient (Wildman–Crippen LogP) is 2.04. The normalized spacial score (nSPS) is 24.5. The molecule has 0 radical (unpaired) electrons. The van der Waals surface area contributed by atoms with Gasteiger partial charge in [0, 0.05) is 30.3 Å². The molecule has 2 saturated heterocycles. The summed E-state index contributed by atoms with van der Waals surface area (Å²) in [6, 6.07) is 7.21. The molecule has 1 aromatic heterocycles. The van der Waals surface area contributed by atoms with E-state index in [2.05, 4.69) is 20.6 Å². The molecule has 13 heteroatoms. The molecule has 3 aliphatic heterocycles. The second kappa shape index (κ2) is 8.68. The first-order chi connectivity index (χ1) is 17.1. The third kappa shape index (κ3) is 4.24. The quantitative estimate of drug-likeness (QED) is 0.456. The lowest BCUT2D eigenvalue weighted by molar-refractivity contribution is -0.425. The van der Waals surface area contributed by atoms with Gasteiger partial charge < -0.3 is 24.9 Å². The summed E-state index contributed by atoms with van der Waals surface area (Å²) in [5.41, 5.74) is 0.547. The number of aromatic nitrogens is 1. The number of cyclic esters (lactones) is 1. The largest absolute Gasteiger partial charge is 0.442 e. The molecule has 4 heterocycles. The minimum atomic E-state index is -1.06. The average Bonchev–Trinajstić information content (AvgIpc) is 3.49. The molecule has 186 valence electrons. The van der Waals surface area contributed by atoms with Crippen LogP contribution >= 0.6 is 0 Å². The summed E-state index contributed by atoms with van der Waals surface area (Å²) in [6.07, 6.45) is 1.71. The van der Waals surface area contributed by atoms with Crippen molar-refractivity contribution in [1.29, 1.82) is 0 Å². The molecule has 12 nitrogen and oxygen atoms in total. The second-order valence-corrected chi connectivity index (χ2v) is 8.64. The summed E-state index contributed by atoms with van der Waals surface area (Å²) in [6.45, 7) is 3.45. The first-order valence-corrected chi connectivity index (χ1v) is 11.0. The van der Waals surface area contributed by atoms with Gasteiger partial charge in [0.15, 0.2) is 0 Å². The summed E-state index contributed by atoms with van der Waals surface area (Å²) >= 11 is 0. The smallest absolute Gasteiger partial charge is 0.414 e. The number of hydrogen-bond donors (Lipinski definition) is 2. The van der Waals surface area contributed by atoms with E-state index in [9.17, 15) is 19.7 Å². The lowest BCUT2D eigenvalue weighted by atomic mass is 10.0. The Bertz CT molecular complexity index is 1330. The SMILES string of the molecule is CC(=O)NC[C@H]1CN(c2ccc(-c3ccc(C4(C)NC5C=C([N+](=O)[O-])N=C5O4)nc3)c(F)c2)C(=O)O1. The maximum absolute atomic E-state index is 15.0. The summed E-state index contributed by atoms with van der Waals surface area (Å²) in [4.78, 5) is 43.2. The van der Waals surface area contributed by atoms with Crippen molar-refractivity contribution in [2.24, 2.45) is 4.99 Å². The van der Waals surface area contributed by atoms with E-state index in [1.54, 1.807) is 31.2 Å². The van der Waals surface area contributed by atoms with Crippen LogP contribution in [0.1, 0.15) is 19.5 Å². The maximum atomic E-state index is 15.0. The Morgan fingerprint density at radius 3 is 2.83 bits per heavy atom. The summed E-state index contributed by atoms with van der Waals surface area (Å²) in [5.74, 6) is -0.877. The van der Waals surface area contributed by atoms with Gasteiger partial charge in [0.05, 0.1) is 24.5 Å². The fraction of sp³-hybridized carbons (Fsp3) is 0.304. The van der Waals surface area contributed by atoms with Crippen LogP contribution in [0.4, 0.5) is 14.9 Å². The van der Waals surface area contributed by atoms with Crippen molar-refractivity contribution in [3.8, 4) is 11.1 Å². The van der Waals surface area contributed by atoms with Gasteiger partial charge in [-0.25, -0.2) is 9.18 Å². The molecule has 2 amide bonds. The van der Waals surface area contributed by atoms with Crippen LogP contribution in [-0.4, -0.2) is 53.0 Å². The molecular formula is C23H21FN6O6. The Morgan fingerprint density at radius 2 is 2.19 bits per heavy atom. The number of anilines is 1. The van der Waals surface area contributed by atoms with E-state index in [-0.39, 0.29) is 36.3 Å². The predicted molar refractivity (Wildman–Crippen MR) is 124 cm³/mol. The lowest BCUT2D eigenvalue weighted by Gasteiger charge is -2.22. The molecule has 1 aromatic carbocycles. The molecule has 5 rings (SSSR count). The summed E-state index contributed by atoms with van der Waals surface area (Å²) in [7, 11) is 0. The van der Waals surface area contributed by atoms with E-state index in [0.29, 0.717) is 16.9 Å². The van der Waals surface area contributed by atoms with Crippen molar-refractivity contribution >= 4 is 23.6 Å². The minimum absolute atomic E-state index is 0.176. The third-order valence-electron chi connectivity index (χ3n) is 6.01. The van der Waals surface area contributed by atoms with Gasteiger partial charge in [-0.2, -0.15) is 0 Å². The topological polar surface area (TPSA) is 148 Å². The van der Waals surface area contributed by atoms with Gasteiger partial charge in [0.1, 0.15) is 18.0 Å². The van der Waals surface area contributed by atoms with Crippen LogP contribution in [0.15, 0.2) is 53.4 Å². The van der Waals surface area contributed by atoms with Crippen LogP contribution in [-0.2, 0) is 20.0 Å². The van der Waals surface area contributed by atoms with E-state index in [4.69, 9.17) is 9.47 Å². The van der Waals surface area contributed by atoms with Crippen LogP contribution in [0.3, 0.4) is 0 Å². The summed E-state index contributed by atoms with van der Waals surface area (Å²) < 4.78 is 26.1. The van der Waals surface area contributed by atoms with Crippen molar-refractivity contribution < 1.29 is 28.4 Å². The minimum Gasteiger partial charge on any atom is -0.442 e. The molecule has 3 atom stereocenters. The number of nitrogens with zero attached hydrogens (tertiary/aromatic N) is 4. The Hall–Kier alpha value is -4.39. The van der Waals surface area contributed by atoms with Gasteiger partial charge in [0.25, 0.3) is 0 Å². The van der Waals surface area contributed by atoms with Gasteiger partial charge in [0.2, 0.25) is 11.6 Å². The number of carbonyl (C=O) groups is 2. The van der Waals surface area contributed by atoms with Crippen LogP contribution in [0.5, 0.6) is 0 Å². The highest BCUT2D eigenvalue weighted by molar-refractivity contribution is 5.90. The van der Waals surface area contributed by atoms with E-state index in [1.807, 2.05) is 0 Å². The number of fused-ring (bicyclic) bond motifs is 1. The number of carbonyl (C=O) groups excluding carboxylic acids is 2. The molecule has 2 N–H and O–H groups in total. The number of ether oxygens (including phenoxy) is 2. The Kier molecular flexibility index (Phi) is 5.63. The Balaban J connectivity index is 1.29. The lowest BCUT2D eigenvalue weighted by Crippen LogP contribution is -2.39. The number of nitrogens with one attached hydrogen (secondary N) is 2. The Labute approximate surface area is 204 Å². The van der Waals surface area contributed by atoms with Crippen molar-refractivity contribution in [1.82, 2.24) is 15.6 Å². The number of aliphatic imine (C=N–C) groups is 1. The van der Waals surface area contributed by atoms with Crippen molar-refractivity contribution in [3.63, 3.8) is 0 Å². The van der Waals surface area contributed by atoms with E-state index in [0.717, 1.165) is 0 Å². The molecule has 36 heavy (non-hydrogen) atoms. The van der Waals surface area contributed by atoms with E-state index < -0.39 is 34.7 Å². The number of amides is 2. The molecule has 2 unspecified atom stereocenters. The van der Waals surface area contributed by atoms with Crippen LogP contribution in [0, 0.1) is 15.9 Å². The highest BCUT2D eigenvalue weighted by Crippen LogP contribution is 2.34. The first kappa shape index (κ1) is 23.4. The number of halogens is 1. The van der Waals surface area contributed by atoms with Crippen molar-refractivity contribution in [2.45, 2.75) is 31.7 Å². The number of rotatable bonds is 6. The fourth-order valence-corrected chi connectivity index (χ4v) is 4.23. The monoisotopic (exact) mass is 496 g/mol. The van der Waals surface area contributed by atoms with Gasteiger partial charge in [-0.15, -0.1) is 0 Å². The number of nitro groups is 1. The first-order valence-electron chi connectivity index (χ1n) is 11.0. The highest BCUT2D eigenvalue weighted by atomic mass is 19.1. The van der Waals surface area contributed by atoms with Crippen molar-refractivity contribution in [2.75, 3.05) is 18.0 Å². The molecular weight excluding hydrogens is 475 g/mol. The number of benzene rings is 1. The van der Waals surface area contributed by atoms with Gasteiger partial charge in [-0.3, -0.25) is 20.0 Å². The van der Waals surface area contributed by atoms with Gasteiger partial charge in [-0.05, 0) is 41.1 Å². The molecule has 2 aromatic rings. The standard InChI is InChI=1S/C23H21FN6O6/c1-12(31)25-10-15-11-29(22(32)35-15)14-4-5-16(17(24)7-14)13-3-6-19(26-9-13)23(2)28-18-8-20(30(33)34)27-21(18)36-23/h3-9,15,18,28H,10-11H2,1-2H3,(H,25,31)/t15-,18?,23?/m0/s1. The number of pyridine rings is 1. The molecule has 2 fully saturated rings. The molecule has 0 spiro atoms. The van der Waals surface area contributed by atoms with E-state index >= 15 is 4.39 Å². The van der Waals surface area contributed by atoms with Crippen LogP contribution in [0.2, 0.25) is 0 Å². The Morgan fingerprint density at radius 1 is 1.39 bits per heavy atom. The average molecular weight is 496 g/mol.